The van der Waals surface area contributed by atoms with Crippen LogP contribution in [-0.4, -0.2) is 33.7 Å². The van der Waals surface area contributed by atoms with E-state index in [0.717, 1.165) is 12.8 Å². The van der Waals surface area contributed by atoms with E-state index in [2.05, 4.69) is 5.16 Å². The van der Waals surface area contributed by atoms with Gasteiger partial charge in [0, 0.05) is 6.04 Å². The molecule has 0 radical (unpaired) electrons. The molecule has 23 heavy (non-hydrogen) atoms. The van der Waals surface area contributed by atoms with Gasteiger partial charge in [0.1, 0.15) is 17.5 Å². The number of carbonyl (C=O) groups excluding carboxylic acids is 1. The van der Waals surface area contributed by atoms with Gasteiger partial charge in [-0.05, 0) is 51.3 Å². The molecule has 1 aromatic rings. The van der Waals surface area contributed by atoms with Crippen molar-refractivity contribution in [1.29, 1.82) is 0 Å². The van der Waals surface area contributed by atoms with E-state index in [-0.39, 0.29) is 11.9 Å². The summed E-state index contributed by atoms with van der Waals surface area (Å²) in [5.41, 5.74) is 5.55. The number of hydrogen-bond donors (Lipinski definition) is 2. The molecular weight excluding hydrogens is 301 g/mol. The lowest BCUT2D eigenvalue weighted by Crippen LogP contribution is -2.45. The number of nitrogens with zero attached hydrogens (tertiary/aromatic N) is 2. The third-order valence-corrected chi connectivity index (χ3v) is 3.38. The van der Waals surface area contributed by atoms with Crippen molar-refractivity contribution in [3.63, 3.8) is 0 Å². The molecule has 126 valence electrons. The summed E-state index contributed by atoms with van der Waals surface area (Å²) >= 11 is 0. The molecule has 1 atom stereocenters. The second-order valence-corrected chi connectivity index (χ2v) is 6.60. The molecule has 0 saturated heterocycles. The first-order valence-electron chi connectivity index (χ1n) is 7.47. The Morgan fingerprint density at radius 3 is 2.61 bits per heavy atom. The monoisotopic (exact) mass is 323 g/mol. The SMILES string of the molecule is CC(C)(C)OC(=O)N(C1CC1)[C@@H](C(N)=NO)c1cccc(F)c1. The van der Waals surface area contributed by atoms with Crippen LogP contribution in [0.25, 0.3) is 0 Å². The normalized spacial score (nSPS) is 16.8. The maximum Gasteiger partial charge on any atom is 0.411 e. The van der Waals surface area contributed by atoms with Crippen LogP contribution in [0, 0.1) is 5.82 Å². The number of benzene rings is 1. The summed E-state index contributed by atoms with van der Waals surface area (Å²) in [6.45, 7) is 5.28. The molecule has 1 aromatic carbocycles. The summed E-state index contributed by atoms with van der Waals surface area (Å²) in [7, 11) is 0. The lowest BCUT2D eigenvalue weighted by atomic mass is 10.0. The van der Waals surface area contributed by atoms with Crippen molar-refractivity contribution in [2.45, 2.75) is 51.3 Å². The fourth-order valence-corrected chi connectivity index (χ4v) is 2.34. The van der Waals surface area contributed by atoms with Crippen LogP contribution in [0.4, 0.5) is 9.18 Å². The summed E-state index contributed by atoms with van der Waals surface area (Å²) in [5, 5.41) is 12.1. The van der Waals surface area contributed by atoms with Gasteiger partial charge in [0.25, 0.3) is 0 Å². The fourth-order valence-electron chi connectivity index (χ4n) is 2.34. The molecule has 0 bridgehead atoms. The van der Waals surface area contributed by atoms with E-state index in [4.69, 9.17) is 15.7 Å². The molecule has 0 aromatic heterocycles. The number of amides is 1. The van der Waals surface area contributed by atoms with E-state index in [9.17, 15) is 9.18 Å². The molecule has 0 heterocycles. The Kier molecular flexibility index (Phi) is 4.77. The van der Waals surface area contributed by atoms with Crippen LogP contribution in [0.3, 0.4) is 0 Å². The summed E-state index contributed by atoms with van der Waals surface area (Å²) in [5.74, 6) is -0.647. The first-order valence-corrected chi connectivity index (χ1v) is 7.47. The standard InChI is InChI=1S/C16H22FN3O3/c1-16(2,3)23-15(21)20(12-7-8-12)13(14(18)19-22)10-5-4-6-11(17)9-10/h4-6,9,12-13,22H,7-8H2,1-3H3,(H2,18,19)/t13-/m1/s1. The van der Waals surface area contributed by atoms with E-state index < -0.39 is 23.6 Å². The minimum absolute atomic E-state index is 0.0709. The smallest absolute Gasteiger partial charge is 0.411 e. The molecular formula is C16H22FN3O3. The molecule has 1 saturated carbocycles. The second kappa shape index (κ2) is 6.44. The molecule has 1 aliphatic carbocycles. The van der Waals surface area contributed by atoms with E-state index >= 15 is 0 Å². The van der Waals surface area contributed by atoms with E-state index in [0.29, 0.717) is 5.56 Å². The third kappa shape index (κ3) is 4.34. The van der Waals surface area contributed by atoms with Gasteiger partial charge >= 0.3 is 6.09 Å². The zero-order valence-corrected chi connectivity index (χ0v) is 13.5. The number of ether oxygens (including phenoxy) is 1. The maximum absolute atomic E-state index is 13.6. The summed E-state index contributed by atoms with van der Waals surface area (Å²) in [4.78, 5) is 14.0. The minimum Gasteiger partial charge on any atom is -0.444 e. The quantitative estimate of drug-likeness (QED) is 0.386. The first kappa shape index (κ1) is 17.1. The first-order chi connectivity index (χ1) is 10.7. The molecule has 1 amide bonds. The van der Waals surface area contributed by atoms with Crippen LogP contribution in [0.15, 0.2) is 29.4 Å². The van der Waals surface area contributed by atoms with Gasteiger partial charge in [-0.3, -0.25) is 4.90 Å². The summed E-state index contributed by atoms with van der Waals surface area (Å²) < 4.78 is 19.0. The lowest BCUT2D eigenvalue weighted by molar-refractivity contribution is 0.0189. The molecule has 3 N–H and O–H groups in total. The van der Waals surface area contributed by atoms with Crippen LogP contribution >= 0.6 is 0 Å². The molecule has 0 unspecified atom stereocenters. The van der Waals surface area contributed by atoms with E-state index in [1.54, 1.807) is 26.8 Å². The Balaban J connectivity index is 2.40. The van der Waals surface area contributed by atoms with Crippen molar-refractivity contribution < 1.29 is 19.1 Å². The van der Waals surface area contributed by atoms with Crippen LogP contribution in [0.1, 0.15) is 45.2 Å². The number of carbonyl (C=O) groups is 1. The van der Waals surface area contributed by atoms with Gasteiger partial charge in [0.2, 0.25) is 0 Å². The average Bonchev–Trinajstić information content (AvgIpc) is 3.26. The van der Waals surface area contributed by atoms with E-state index in [1.165, 1.54) is 23.1 Å². The van der Waals surface area contributed by atoms with Crippen molar-refractivity contribution in [3.05, 3.63) is 35.6 Å². The van der Waals surface area contributed by atoms with Crippen molar-refractivity contribution in [1.82, 2.24) is 4.90 Å². The highest BCUT2D eigenvalue weighted by Gasteiger charge is 2.42. The van der Waals surface area contributed by atoms with Crippen LogP contribution in [0.5, 0.6) is 0 Å². The molecule has 1 fully saturated rings. The van der Waals surface area contributed by atoms with Gasteiger partial charge in [0.15, 0.2) is 5.84 Å². The Hall–Kier alpha value is -2.31. The van der Waals surface area contributed by atoms with Crippen LogP contribution in [0.2, 0.25) is 0 Å². The number of hydrogen-bond acceptors (Lipinski definition) is 4. The zero-order chi connectivity index (χ0) is 17.2. The third-order valence-electron chi connectivity index (χ3n) is 3.38. The molecule has 7 heteroatoms. The molecule has 1 aliphatic rings. The van der Waals surface area contributed by atoms with E-state index in [1.807, 2.05) is 0 Å². The Morgan fingerprint density at radius 1 is 1.48 bits per heavy atom. The van der Waals surface area contributed by atoms with Gasteiger partial charge in [-0.2, -0.15) is 0 Å². The predicted molar refractivity (Wildman–Crippen MR) is 83.6 cm³/mol. The highest BCUT2D eigenvalue weighted by molar-refractivity contribution is 5.90. The van der Waals surface area contributed by atoms with Gasteiger partial charge in [-0.25, -0.2) is 9.18 Å². The largest absolute Gasteiger partial charge is 0.444 e. The number of halogens is 1. The summed E-state index contributed by atoms with van der Waals surface area (Å²) in [6, 6.07) is 4.76. The Bertz CT molecular complexity index is 609. The van der Waals surface area contributed by atoms with Crippen molar-refractivity contribution in [2.24, 2.45) is 10.9 Å². The molecule has 0 spiro atoms. The molecule has 6 nitrogen and oxygen atoms in total. The predicted octanol–water partition coefficient (Wildman–Crippen LogP) is 3.01. The molecule has 0 aliphatic heterocycles. The number of oxime groups is 1. The highest BCUT2D eigenvalue weighted by atomic mass is 19.1. The highest BCUT2D eigenvalue weighted by Crippen LogP contribution is 2.36. The Labute approximate surface area is 134 Å². The van der Waals surface area contributed by atoms with Gasteiger partial charge in [-0.15, -0.1) is 0 Å². The minimum atomic E-state index is -0.877. The van der Waals surface area contributed by atoms with Crippen molar-refractivity contribution >= 4 is 11.9 Å². The fraction of sp³-hybridized carbons (Fsp3) is 0.500. The summed E-state index contributed by atoms with van der Waals surface area (Å²) in [6.07, 6.45) is 1.02. The zero-order valence-electron chi connectivity index (χ0n) is 13.5. The number of rotatable bonds is 4. The second-order valence-electron chi connectivity index (χ2n) is 6.60. The lowest BCUT2D eigenvalue weighted by Gasteiger charge is -2.33. The number of amidine groups is 1. The van der Waals surface area contributed by atoms with Gasteiger partial charge < -0.3 is 15.7 Å². The topological polar surface area (TPSA) is 88.2 Å². The maximum atomic E-state index is 13.6. The average molecular weight is 323 g/mol. The number of nitrogens with two attached hydrogens (primary N) is 1. The van der Waals surface area contributed by atoms with Gasteiger partial charge in [-0.1, -0.05) is 17.3 Å². The van der Waals surface area contributed by atoms with Crippen LogP contribution < -0.4 is 5.73 Å². The Morgan fingerprint density at radius 2 is 2.13 bits per heavy atom. The molecule has 2 rings (SSSR count). The van der Waals surface area contributed by atoms with Crippen molar-refractivity contribution in [3.8, 4) is 0 Å². The van der Waals surface area contributed by atoms with Crippen molar-refractivity contribution in [2.75, 3.05) is 0 Å². The van der Waals surface area contributed by atoms with Gasteiger partial charge in [0.05, 0.1) is 0 Å². The van der Waals surface area contributed by atoms with Crippen LogP contribution in [-0.2, 0) is 4.74 Å².